The fourth-order valence-corrected chi connectivity index (χ4v) is 2.92. The minimum atomic E-state index is 0.204. The van der Waals surface area contributed by atoms with Gasteiger partial charge in [-0.15, -0.1) is 0 Å². The normalized spacial score (nSPS) is 27.8. The molecule has 98 valence electrons. The number of carbonyl (C=O) groups excluding carboxylic acids is 1. The second-order valence-electron chi connectivity index (χ2n) is 5.73. The molecular formula is C13H24N2O2. The number of amides is 1. The highest BCUT2D eigenvalue weighted by molar-refractivity contribution is 5.82. The molecule has 0 bridgehead atoms. The van der Waals surface area contributed by atoms with Gasteiger partial charge in [0.2, 0.25) is 5.91 Å². The van der Waals surface area contributed by atoms with E-state index in [1.54, 1.807) is 0 Å². The molecule has 2 rings (SSSR count). The number of carbonyl (C=O) groups is 1. The SMILES string of the molecule is CC(CCO)CNC(=O)C1CC12CCNCC2. The molecule has 2 unspecified atom stereocenters. The van der Waals surface area contributed by atoms with Crippen LogP contribution in [0.4, 0.5) is 0 Å². The Morgan fingerprint density at radius 1 is 1.53 bits per heavy atom. The van der Waals surface area contributed by atoms with Crippen LogP contribution in [0.3, 0.4) is 0 Å². The van der Waals surface area contributed by atoms with Crippen molar-refractivity contribution in [2.45, 2.75) is 32.6 Å². The van der Waals surface area contributed by atoms with Gasteiger partial charge in [-0.05, 0) is 50.1 Å². The summed E-state index contributed by atoms with van der Waals surface area (Å²) in [6.45, 7) is 5.08. The van der Waals surface area contributed by atoms with Gasteiger partial charge in [0.15, 0.2) is 0 Å². The van der Waals surface area contributed by atoms with Crippen LogP contribution in [0.5, 0.6) is 0 Å². The molecule has 1 heterocycles. The highest BCUT2D eigenvalue weighted by Crippen LogP contribution is 2.58. The molecule has 0 aromatic rings. The first-order valence-electron chi connectivity index (χ1n) is 6.77. The van der Waals surface area contributed by atoms with Crippen LogP contribution in [-0.2, 0) is 4.79 Å². The van der Waals surface area contributed by atoms with Gasteiger partial charge in [-0.2, -0.15) is 0 Å². The maximum absolute atomic E-state index is 12.0. The third kappa shape index (κ3) is 2.99. The molecule has 3 N–H and O–H groups in total. The topological polar surface area (TPSA) is 61.4 Å². The van der Waals surface area contributed by atoms with E-state index in [9.17, 15) is 4.79 Å². The summed E-state index contributed by atoms with van der Waals surface area (Å²) in [6, 6.07) is 0. The lowest BCUT2D eigenvalue weighted by atomic mass is 9.91. The van der Waals surface area contributed by atoms with Crippen LogP contribution in [0.25, 0.3) is 0 Å². The van der Waals surface area contributed by atoms with Crippen LogP contribution in [0.1, 0.15) is 32.6 Å². The van der Waals surface area contributed by atoms with E-state index in [1.807, 2.05) is 0 Å². The zero-order valence-electron chi connectivity index (χ0n) is 10.7. The number of hydrogen-bond acceptors (Lipinski definition) is 3. The number of piperidine rings is 1. The molecule has 1 saturated heterocycles. The van der Waals surface area contributed by atoms with Crippen molar-refractivity contribution in [3.63, 3.8) is 0 Å². The van der Waals surface area contributed by atoms with E-state index in [2.05, 4.69) is 17.6 Å². The van der Waals surface area contributed by atoms with E-state index in [-0.39, 0.29) is 18.4 Å². The molecule has 1 aliphatic carbocycles. The van der Waals surface area contributed by atoms with Crippen molar-refractivity contribution in [3.8, 4) is 0 Å². The van der Waals surface area contributed by atoms with Crippen molar-refractivity contribution >= 4 is 5.91 Å². The van der Waals surface area contributed by atoms with Gasteiger partial charge in [-0.25, -0.2) is 0 Å². The Hall–Kier alpha value is -0.610. The van der Waals surface area contributed by atoms with Gasteiger partial charge >= 0.3 is 0 Å². The molecule has 17 heavy (non-hydrogen) atoms. The molecule has 2 fully saturated rings. The van der Waals surface area contributed by atoms with E-state index in [4.69, 9.17) is 5.11 Å². The van der Waals surface area contributed by atoms with Crippen molar-refractivity contribution in [1.29, 1.82) is 0 Å². The van der Waals surface area contributed by atoms with Crippen molar-refractivity contribution in [2.24, 2.45) is 17.3 Å². The number of nitrogens with one attached hydrogen (secondary N) is 2. The summed E-state index contributed by atoms with van der Waals surface area (Å²) in [4.78, 5) is 12.0. The standard InChI is InChI=1S/C13H24N2O2/c1-10(2-7-16)9-15-12(17)11-8-13(11)3-5-14-6-4-13/h10-11,14,16H,2-9H2,1H3,(H,15,17). The molecule has 2 atom stereocenters. The first kappa shape index (κ1) is 12.8. The second kappa shape index (κ2) is 5.36. The van der Waals surface area contributed by atoms with Gasteiger partial charge in [0.05, 0.1) is 0 Å². The van der Waals surface area contributed by atoms with Gasteiger partial charge in [-0.1, -0.05) is 6.92 Å². The average Bonchev–Trinajstić information content (AvgIpc) is 3.01. The number of aliphatic hydroxyl groups excluding tert-OH is 1. The van der Waals surface area contributed by atoms with Crippen molar-refractivity contribution in [1.82, 2.24) is 10.6 Å². The summed E-state index contributed by atoms with van der Waals surface area (Å²) >= 11 is 0. The zero-order chi connectivity index (χ0) is 12.3. The van der Waals surface area contributed by atoms with Gasteiger partial charge in [0.1, 0.15) is 0 Å². The molecule has 0 radical (unpaired) electrons. The van der Waals surface area contributed by atoms with Crippen LogP contribution in [0.15, 0.2) is 0 Å². The fraction of sp³-hybridized carbons (Fsp3) is 0.923. The number of hydrogen-bond donors (Lipinski definition) is 3. The lowest BCUT2D eigenvalue weighted by Gasteiger charge is -2.23. The van der Waals surface area contributed by atoms with E-state index >= 15 is 0 Å². The van der Waals surface area contributed by atoms with Crippen LogP contribution in [0.2, 0.25) is 0 Å². The predicted molar refractivity (Wildman–Crippen MR) is 66.5 cm³/mol. The molecule has 1 spiro atoms. The highest BCUT2D eigenvalue weighted by Gasteiger charge is 2.57. The Balaban J connectivity index is 1.71. The molecule has 1 amide bonds. The van der Waals surface area contributed by atoms with Gasteiger partial charge in [0, 0.05) is 19.1 Å². The van der Waals surface area contributed by atoms with Crippen LogP contribution in [0, 0.1) is 17.3 Å². The Kier molecular flexibility index (Phi) is 4.05. The minimum absolute atomic E-state index is 0.204. The summed E-state index contributed by atoms with van der Waals surface area (Å²) in [5.41, 5.74) is 0.329. The van der Waals surface area contributed by atoms with Crippen molar-refractivity contribution < 1.29 is 9.90 Å². The first-order valence-corrected chi connectivity index (χ1v) is 6.77. The maximum atomic E-state index is 12.0. The Labute approximate surface area is 103 Å². The monoisotopic (exact) mass is 240 g/mol. The van der Waals surface area contributed by atoms with E-state index in [0.29, 0.717) is 17.9 Å². The quantitative estimate of drug-likeness (QED) is 0.656. The average molecular weight is 240 g/mol. The lowest BCUT2D eigenvalue weighted by Crippen LogP contribution is -2.35. The molecule has 4 nitrogen and oxygen atoms in total. The van der Waals surface area contributed by atoms with Crippen molar-refractivity contribution in [3.05, 3.63) is 0 Å². The Bertz CT molecular complexity index is 275. The number of rotatable bonds is 5. The molecule has 1 aliphatic heterocycles. The first-order chi connectivity index (χ1) is 8.18. The molecule has 4 heteroatoms. The van der Waals surface area contributed by atoms with Gasteiger partial charge in [0.25, 0.3) is 0 Å². The van der Waals surface area contributed by atoms with Gasteiger partial charge in [-0.3, -0.25) is 4.79 Å². The van der Waals surface area contributed by atoms with Crippen LogP contribution in [-0.4, -0.2) is 37.3 Å². The van der Waals surface area contributed by atoms with Crippen molar-refractivity contribution in [2.75, 3.05) is 26.2 Å². The van der Waals surface area contributed by atoms with E-state index in [1.165, 1.54) is 0 Å². The molecule has 1 saturated carbocycles. The van der Waals surface area contributed by atoms with Gasteiger partial charge < -0.3 is 15.7 Å². The molecule has 0 aromatic heterocycles. The third-order valence-electron chi connectivity index (χ3n) is 4.35. The van der Waals surface area contributed by atoms with Crippen LogP contribution < -0.4 is 10.6 Å². The molecular weight excluding hydrogens is 216 g/mol. The third-order valence-corrected chi connectivity index (χ3v) is 4.35. The summed E-state index contributed by atoms with van der Waals surface area (Å²) in [6.07, 6.45) is 4.14. The Morgan fingerprint density at radius 2 is 2.24 bits per heavy atom. The lowest BCUT2D eigenvalue weighted by molar-refractivity contribution is -0.123. The zero-order valence-corrected chi connectivity index (χ0v) is 10.7. The highest BCUT2D eigenvalue weighted by atomic mass is 16.3. The summed E-state index contributed by atoms with van der Waals surface area (Å²) < 4.78 is 0. The van der Waals surface area contributed by atoms with E-state index in [0.717, 1.165) is 38.8 Å². The smallest absolute Gasteiger partial charge is 0.223 e. The fourth-order valence-electron chi connectivity index (χ4n) is 2.92. The van der Waals surface area contributed by atoms with Crippen LogP contribution >= 0.6 is 0 Å². The second-order valence-corrected chi connectivity index (χ2v) is 5.73. The minimum Gasteiger partial charge on any atom is -0.396 e. The molecule has 0 aromatic carbocycles. The largest absolute Gasteiger partial charge is 0.396 e. The molecule has 2 aliphatic rings. The van der Waals surface area contributed by atoms with E-state index < -0.39 is 0 Å². The summed E-state index contributed by atoms with van der Waals surface area (Å²) in [5, 5.41) is 15.2. The summed E-state index contributed by atoms with van der Waals surface area (Å²) in [7, 11) is 0. The Morgan fingerprint density at radius 3 is 2.88 bits per heavy atom. The number of aliphatic hydroxyl groups is 1. The predicted octanol–water partition coefficient (Wildman–Crippen LogP) is 0.511. The summed E-state index contributed by atoms with van der Waals surface area (Å²) in [5.74, 6) is 0.856. The maximum Gasteiger partial charge on any atom is 0.223 e.